The van der Waals surface area contributed by atoms with Gasteiger partial charge in [0.1, 0.15) is 17.8 Å². The Balaban J connectivity index is 1.88. The van der Waals surface area contributed by atoms with Gasteiger partial charge < -0.3 is 4.90 Å². The zero-order chi connectivity index (χ0) is 15.0. The topological polar surface area (TPSA) is 32.3 Å². The van der Waals surface area contributed by atoms with Crippen LogP contribution in [0.25, 0.3) is 0 Å². The molecule has 1 heterocycles. The van der Waals surface area contributed by atoms with Crippen molar-refractivity contribution in [2.24, 2.45) is 5.92 Å². The van der Waals surface area contributed by atoms with Gasteiger partial charge in [0.2, 0.25) is 5.91 Å². The Morgan fingerprint density at radius 1 is 1.29 bits per heavy atom. The van der Waals surface area contributed by atoms with E-state index in [9.17, 15) is 13.6 Å². The number of nitrogens with one attached hydrogen (secondary N) is 1. The normalized spacial score (nSPS) is 30.0. The molecule has 1 saturated heterocycles. The number of hydrogen-bond donors (Lipinski definition) is 1. The van der Waals surface area contributed by atoms with Gasteiger partial charge in [-0.25, -0.2) is 8.78 Å². The number of nitrogens with zero attached hydrogens (tertiary/aromatic N) is 1. The third-order valence-corrected chi connectivity index (χ3v) is 4.57. The number of carbonyl (C=O) groups excluding carboxylic acids is 1. The number of amides is 1. The van der Waals surface area contributed by atoms with Crippen LogP contribution in [0, 0.1) is 17.6 Å². The molecule has 1 aromatic carbocycles. The van der Waals surface area contributed by atoms with Crippen molar-refractivity contribution >= 4 is 5.91 Å². The Bertz CT molecular complexity index is 549. The monoisotopic (exact) mass is 294 g/mol. The summed E-state index contributed by atoms with van der Waals surface area (Å²) < 4.78 is 27.1. The van der Waals surface area contributed by atoms with E-state index in [-0.39, 0.29) is 18.5 Å². The van der Waals surface area contributed by atoms with Crippen LogP contribution in [-0.4, -0.2) is 23.4 Å². The van der Waals surface area contributed by atoms with E-state index in [4.69, 9.17) is 0 Å². The minimum Gasteiger partial charge on any atom is -0.319 e. The van der Waals surface area contributed by atoms with Gasteiger partial charge in [0.25, 0.3) is 0 Å². The van der Waals surface area contributed by atoms with Gasteiger partial charge in [-0.1, -0.05) is 19.8 Å². The number of rotatable bonds is 2. The van der Waals surface area contributed by atoms with Gasteiger partial charge in [0.15, 0.2) is 0 Å². The summed E-state index contributed by atoms with van der Waals surface area (Å²) in [6.45, 7) is 2.40. The number of halogens is 2. The van der Waals surface area contributed by atoms with E-state index in [0.29, 0.717) is 11.5 Å². The fraction of sp³-hybridized carbons (Fsp3) is 0.562. The van der Waals surface area contributed by atoms with E-state index >= 15 is 0 Å². The lowest BCUT2D eigenvalue weighted by atomic mass is 9.86. The van der Waals surface area contributed by atoms with Crippen LogP contribution in [0.4, 0.5) is 8.78 Å². The molecule has 2 aliphatic rings. The van der Waals surface area contributed by atoms with Crippen LogP contribution in [-0.2, 0) is 4.79 Å². The second-order valence-electron chi connectivity index (χ2n) is 6.18. The molecule has 1 aliphatic carbocycles. The molecule has 2 fully saturated rings. The Labute approximate surface area is 123 Å². The Kier molecular flexibility index (Phi) is 3.93. The first kappa shape index (κ1) is 14.4. The van der Waals surface area contributed by atoms with Gasteiger partial charge in [-0.15, -0.1) is 0 Å². The molecule has 1 aliphatic heterocycles. The van der Waals surface area contributed by atoms with E-state index in [2.05, 4.69) is 12.2 Å². The zero-order valence-electron chi connectivity index (χ0n) is 12.1. The lowest BCUT2D eigenvalue weighted by Crippen LogP contribution is -2.42. The standard InChI is InChI=1S/C16H20F2N2O/c1-10-3-2-4-12(7-10)20-15(21)9-19-16(20)13-6-5-11(17)8-14(13)18/h5-6,8,10,12,16,19H,2-4,7,9H2,1H3. The quantitative estimate of drug-likeness (QED) is 0.909. The molecule has 114 valence electrons. The first-order valence-electron chi connectivity index (χ1n) is 7.55. The minimum absolute atomic E-state index is 0.00262. The first-order chi connectivity index (χ1) is 10.1. The fourth-order valence-electron chi connectivity index (χ4n) is 3.57. The first-order valence-corrected chi connectivity index (χ1v) is 7.55. The van der Waals surface area contributed by atoms with E-state index in [0.717, 1.165) is 25.3 Å². The Morgan fingerprint density at radius 3 is 2.81 bits per heavy atom. The zero-order valence-corrected chi connectivity index (χ0v) is 12.1. The highest BCUT2D eigenvalue weighted by atomic mass is 19.1. The molecule has 3 nitrogen and oxygen atoms in total. The predicted molar refractivity (Wildman–Crippen MR) is 75.4 cm³/mol. The van der Waals surface area contributed by atoms with E-state index in [1.54, 1.807) is 4.90 Å². The van der Waals surface area contributed by atoms with E-state index in [1.807, 2.05) is 0 Å². The molecular formula is C16H20F2N2O. The SMILES string of the molecule is CC1CCCC(N2C(=O)CNC2c2ccc(F)cc2F)C1. The highest BCUT2D eigenvalue weighted by Gasteiger charge is 2.39. The number of hydrogen-bond acceptors (Lipinski definition) is 2. The highest BCUT2D eigenvalue weighted by molar-refractivity contribution is 5.81. The summed E-state index contributed by atoms with van der Waals surface area (Å²) in [4.78, 5) is 14.0. The molecule has 1 amide bonds. The maximum absolute atomic E-state index is 14.0. The molecule has 3 atom stereocenters. The lowest BCUT2D eigenvalue weighted by Gasteiger charge is -2.37. The third-order valence-electron chi connectivity index (χ3n) is 4.57. The highest BCUT2D eigenvalue weighted by Crippen LogP contribution is 2.34. The van der Waals surface area contributed by atoms with Crippen molar-refractivity contribution in [2.75, 3.05) is 6.54 Å². The summed E-state index contributed by atoms with van der Waals surface area (Å²) in [5.41, 5.74) is 0.348. The molecule has 21 heavy (non-hydrogen) atoms. The average Bonchev–Trinajstić information content (AvgIpc) is 2.80. The largest absolute Gasteiger partial charge is 0.319 e. The summed E-state index contributed by atoms with van der Waals surface area (Å²) in [5, 5.41) is 3.06. The minimum atomic E-state index is -0.601. The molecule has 1 aromatic rings. The summed E-state index contributed by atoms with van der Waals surface area (Å²) >= 11 is 0. The van der Waals surface area contributed by atoms with Crippen molar-refractivity contribution < 1.29 is 13.6 Å². The molecule has 3 unspecified atom stereocenters. The molecule has 0 aromatic heterocycles. The second kappa shape index (κ2) is 5.72. The summed E-state index contributed by atoms with van der Waals surface area (Å²) in [7, 11) is 0. The van der Waals surface area contributed by atoms with Gasteiger partial charge in [0.05, 0.1) is 6.54 Å². The van der Waals surface area contributed by atoms with Crippen LogP contribution < -0.4 is 5.32 Å². The lowest BCUT2D eigenvalue weighted by molar-refractivity contribution is -0.131. The van der Waals surface area contributed by atoms with Crippen LogP contribution in [0.5, 0.6) is 0 Å². The third kappa shape index (κ3) is 2.79. The molecule has 3 rings (SSSR count). The van der Waals surface area contributed by atoms with E-state index < -0.39 is 17.8 Å². The van der Waals surface area contributed by atoms with Crippen molar-refractivity contribution in [3.05, 3.63) is 35.4 Å². The van der Waals surface area contributed by atoms with Gasteiger partial charge in [-0.3, -0.25) is 10.1 Å². The van der Waals surface area contributed by atoms with Crippen molar-refractivity contribution in [2.45, 2.75) is 44.8 Å². The predicted octanol–water partition coefficient (Wildman–Crippen LogP) is 2.97. The maximum atomic E-state index is 14.0. The molecule has 0 spiro atoms. The van der Waals surface area contributed by atoms with Crippen molar-refractivity contribution in [3.63, 3.8) is 0 Å². The molecule has 1 N–H and O–H groups in total. The Hall–Kier alpha value is -1.49. The van der Waals surface area contributed by atoms with Crippen LogP contribution in [0.15, 0.2) is 18.2 Å². The van der Waals surface area contributed by atoms with Crippen molar-refractivity contribution in [3.8, 4) is 0 Å². The average molecular weight is 294 g/mol. The molecule has 0 radical (unpaired) electrons. The molecule has 1 saturated carbocycles. The molecule has 0 bridgehead atoms. The van der Waals surface area contributed by atoms with Crippen LogP contribution in [0.1, 0.15) is 44.3 Å². The van der Waals surface area contributed by atoms with Gasteiger partial charge in [-0.05, 0) is 30.9 Å². The summed E-state index contributed by atoms with van der Waals surface area (Å²) in [6.07, 6.45) is 3.70. The number of benzene rings is 1. The summed E-state index contributed by atoms with van der Waals surface area (Å²) in [6, 6.07) is 3.69. The van der Waals surface area contributed by atoms with Crippen molar-refractivity contribution in [1.82, 2.24) is 10.2 Å². The van der Waals surface area contributed by atoms with Crippen molar-refractivity contribution in [1.29, 1.82) is 0 Å². The maximum Gasteiger partial charge on any atom is 0.238 e. The smallest absolute Gasteiger partial charge is 0.238 e. The Morgan fingerprint density at radius 2 is 2.10 bits per heavy atom. The molecular weight excluding hydrogens is 274 g/mol. The van der Waals surface area contributed by atoms with Gasteiger partial charge in [0, 0.05) is 17.7 Å². The van der Waals surface area contributed by atoms with Gasteiger partial charge >= 0.3 is 0 Å². The second-order valence-corrected chi connectivity index (χ2v) is 6.18. The molecule has 5 heteroatoms. The van der Waals surface area contributed by atoms with E-state index in [1.165, 1.54) is 18.6 Å². The number of carbonyl (C=O) groups is 1. The van der Waals surface area contributed by atoms with Crippen LogP contribution in [0.3, 0.4) is 0 Å². The van der Waals surface area contributed by atoms with Crippen LogP contribution in [0.2, 0.25) is 0 Å². The van der Waals surface area contributed by atoms with Crippen LogP contribution >= 0.6 is 0 Å². The summed E-state index contributed by atoms with van der Waals surface area (Å²) in [5.74, 6) is -0.617. The van der Waals surface area contributed by atoms with Gasteiger partial charge in [-0.2, -0.15) is 0 Å². The fourth-order valence-corrected chi connectivity index (χ4v) is 3.57.